The highest BCUT2D eigenvalue weighted by Crippen LogP contribution is 2.17. The molecule has 1 aromatic rings. The Hall–Kier alpha value is -1.34. The summed E-state index contributed by atoms with van der Waals surface area (Å²) >= 11 is 3.02. The average molecular weight is 270 g/mol. The molecule has 0 aliphatic heterocycles. The van der Waals surface area contributed by atoms with E-state index in [2.05, 4.69) is 21.9 Å². The quantitative estimate of drug-likeness (QED) is 0.755. The van der Waals surface area contributed by atoms with Crippen molar-refractivity contribution in [1.29, 1.82) is 0 Å². The van der Waals surface area contributed by atoms with E-state index in [1.807, 2.05) is 0 Å². The highest BCUT2D eigenvalue weighted by molar-refractivity contribution is 9.10. The fraction of sp³-hybridized carbons (Fsp3) is 0.182. The lowest BCUT2D eigenvalue weighted by atomic mass is 10.2. The molecular weight excluding hydrogens is 261 g/mol. The maximum absolute atomic E-state index is 12.9. The Morgan fingerprint density at radius 3 is 2.87 bits per heavy atom. The molecule has 0 N–H and O–H groups in total. The van der Waals surface area contributed by atoms with Gasteiger partial charge in [-0.25, -0.2) is 4.39 Å². The number of benzene rings is 1. The highest BCUT2D eigenvalue weighted by Gasteiger charge is 2.11. The number of carbonyl (C=O) groups is 1. The first-order chi connectivity index (χ1) is 7.06. The van der Waals surface area contributed by atoms with Crippen LogP contribution in [0.2, 0.25) is 0 Å². The van der Waals surface area contributed by atoms with E-state index in [0.29, 0.717) is 5.56 Å². The van der Waals surface area contributed by atoms with Crippen LogP contribution in [0.3, 0.4) is 0 Å². The molecule has 0 saturated heterocycles. The summed E-state index contributed by atoms with van der Waals surface area (Å²) in [5, 5.41) is 0. The van der Waals surface area contributed by atoms with Crippen molar-refractivity contribution >= 4 is 21.8 Å². The van der Waals surface area contributed by atoms with Gasteiger partial charge in [-0.3, -0.25) is 4.79 Å². The van der Waals surface area contributed by atoms with Gasteiger partial charge in [-0.2, -0.15) is 0 Å². The lowest BCUT2D eigenvalue weighted by molar-refractivity contribution is 0.0812. The number of rotatable bonds is 2. The van der Waals surface area contributed by atoms with Crippen LogP contribution in [0.25, 0.3) is 0 Å². The average Bonchev–Trinajstić information content (AvgIpc) is 2.21. The molecule has 0 aliphatic rings. The molecule has 0 atom stereocenters. The molecule has 0 spiro atoms. The summed E-state index contributed by atoms with van der Waals surface area (Å²) in [5.41, 5.74) is 0.404. The van der Waals surface area contributed by atoms with Gasteiger partial charge in [0.05, 0.1) is 11.0 Å². The second-order valence-corrected chi connectivity index (χ2v) is 3.85. The van der Waals surface area contributed by atoms with Gasteiger partial charge in [0.15, 0.2) is 0 Å². The maximum atomic E-state index is 12.9. The van der Waals surface area contributed by atoms with Crippen LogP contribution >= 0.6 is 15.9 Å². The maximum Gasteiger partial charge on any atom is 0.254 e. The zero-order valence-electron chi connectivity index (χ0n) is 8.13. The number of halogens is 2. The molecular formula is C11H9BrFNO. The van der Waals surface area contributed by atoms with E-state index in [1.54, 1.807) is 7.05 Å². The fourth-order valence-corrected chi connectivity index (χ4v) is 1.44. The lowest BCUT2D eigenvalue weighted by Crippen LogP contribution is -2.26. The third kappa shape index (κ3) is 2.80. The number of amides is 1. The minimum Gasteiger partial charge on any atom is -0.331 e. The smallest absolute Gasteiger partial charge is 0.254 e. The molecule has 0 heterocycles. The molecule has 78 valence electrons. The zero-order valence-corrected chi connectivity index (χ0v) is 9.71. The van der Waals surface area contributed by atoms with Gasteiger partial charge in [-0.05, 0) is 34.1 Å². The third-order valence-corrected chi connectivity index (χ3v) is 2.45. The van der Waals surface area contributed by atoms with Crippen LogP contribution < -0.4 is 0 Å². The SMILES string of the molecule is C#CCN(C)C(=O)c1ccc(F)c(Br)c1. The topological polar surface area (TPSA) is 20.3 Å². The van der Waals surface area contributed by atoms with Crippen LogP contribution in [0.1, 0.15) is 10.4 Å². The molecule has 0 aliphatic carbocycles. The van der Waals surface area contributed by atoms with Crippen molar-refractivity contribution in [3.05, 3.63) is 34.1 Å². The van der Waals surface area contributed by atoms with E-state index in [4.69, 9.17) is 6.42 Å². The summed E-state index contributed by atoms with van der Waals surface area (Å²) in [6, 6.07) is 4.10. The number of terminal acetylenes is 1. The highest BCUT2D eigenvalue weighted by atomic mass is 79.9. The predicted octanol–water partition coefficient (Wildman–Crippen LogP) is 2.29. The van der Waals surface area contributed by atoms with Crippen molar-refractivity contribution in [2.24, 2.45) is 0 Å². The Labute approximate surface area is 96.2 Å². The van der Waals surface area contributed by atoms with Crippen molar-refractivity contribution in [1.82, 2.24) is 4.90 Å². The summed E-state index contributed by atoms with van der Waals surface area (Å²) in [6.07, 6.45) is 5.09. The van der Waals surface area contributed by atoms with Crippen molar-refractivity contribution in [3.8, 4) is 12.3 Å². The Balaban J connectivity index is 2.93. The van der Waals surface area contributed by atoms with Gasteiger partial charge in [0.2, 0.25) is 0 Å². The Morgan fingerprint density at radius 2 is 2.33 bits per heavy atom. The van der Waals surface area contributed by atoms with Crippen molar-refractivity contribution in [3.63, 3.8) is 0 Å². The molecule has 2 nitrogen and oxygen atoms in total. The summed E-state index contributed by atoms with van der Waals surface area (Å²) in [6.45, 7) is 0.230. The van der Waals surface area contributed by atoms with E-state index in [9.17, 15) is 9.18 Å². The first-order valence-corrected chi connectivity index (χ1v) is 4.99. The van der Waals surface area contributed by atoms with E-state index < -0.39 is 5.82 Å². The first kappa shape index (κ1) is 11.7. The monoisotopic (exact) mass is 269 g/mol. The van der Waals surface area contributed by atoms with E-state index in [-0.39, 0.29) is 16.9 Å². The standard InChI is InChI=1S/C11H9BrFNO/c1-3-6-14(2)11(15)8-4-5-10(13)9(12)7-8/h1,4-5,7H,6H2,2H3. The Morgan fingerprint density at radius 1 is 1.67 bits per heavy atom. The number of carbonyl (C=O) groups excluding carboxylic acids is 1. The first-order valence-electron chi connectivity index (χ1n) is 4.20. The van der Waals surface area contributed by atoms with Crippen LogP contribution in [-0.4, -0.2) is 24.4 Å². The summed E-state index contributed by atoms with van der Waals surface area (Å²) in [7, 11) is 1.60. The molecule has 0 saturated carbocycles. The molecule has 0 aromatic heterocycles. The van der Waals surface area contributed by atoms with Gasteiger partial charge in [0.1, 0.15) is 5.82 Å². The van der Waals surface area contributed by atoms with Crippen LogP contribution in [0.4, 0.5) is 4.39 Å². The lowest BCUT2D eigenvalue weighted by Gasteiger charge is -2.13. The fourth-order valence-electron chi connectivity index (χ4n) is 1.06. The Bertz CT molecular complexity index is 425. The van der Waals surface area contributed by atoms with E-state index >= 15 is 0 Å². The summed E-state index contributed by atoms with van der Waals surface area (Å²) in [4.78, 5) is 13.1. The molecule has 0 radical (unpaired) electrons. The third-order valence-electron chi connectivity index (χ3n) is 1.84. The van der Waals surface area contributed by atoms with E-state index in [1.165, 1.54) is 23.1 Å². The minimum atomic E-state index is -0.397. The largest absolute Gasteiger partial charge is 0.331 e. The van der Waals surface area contributed by atoms with E-state index in [0.717, 1.165) is 0 Å². The predicted molar refractivity (Wildman–Crippen MR) is 59.9 cm³/mol. The molecule has 0 bridgehead atoms. The molecule has 15 heavy (non-hydrogen) atoms. The summed E-state index contributed by atoms with van der Waals surface area (Å²) in [5.74, 6) is 1.74. The normalized spacial score (nSPS) is 9.47. The summed E-state index contributed by atoms with van der Waals surface area (Å²) < 4.78 is 13.2. The van der Waals surface area contributed by atoms with Gasteiger partial charge in [0.25, 0.3) is 5.91 Å². The van der Waals surface area contributed by atoms with Gasteiger partial charge in [-0.15, -0.1) is 6.42 Å². The second kappa shape index (κ2) is 4.94. The van der Waals surface area contributed by atoms with Crippen molar-refractivity contribution in [2.75, 3.05) is 13.6 Å². The van der Waals surface area contributed by atoms with Crippen LogP contribution in [0.5, 0.6) is 0 Å². The number of hydrogen-bond donors (Lipinski definition) is 0. The van der Waals surface area contributed by atoms with Crippen molar-refractivity contribution < 1.29 is 9.18 Å². The van der Waals surface area contributed by atoms with Gasteiger partial charge >= 0.3 is 0 Å². The molecule has 4 heteroatoms. The Kier molecular flexibility index (Phi) is 3.87. The van der Waals surface area contributed by atoms with Gasteiger partial charge < -0.3 is 4.90 Å². The molecule has 0 fully saturated rings. The number of nitrogens with zero attached hydrogens (tertiary/aromatic N) is 1. The zero-order chi connectivity index (χ0) is 11.4. The molecule has 0 unspecified atom stereocenters. The van der Waals surface area contributed by atoms with Gasteiger partial charge in [-0.1, -0.05) is 5.92 Å². The number of hydrogen-bond acceptors (Lipinski definition) is 1. The second-order valence-electron chi connectivity index (χ2n) is 2.99. The van der Waals surface area contributed by atoms with Crippen LogP contribution in [0, 0.1) is 18.2 Å². The molecule has 1 rings (SSSR count). The van der Waals surface area contributed by atoms with Crippen LogP contribution in [-0.2, 0) is 0 Å². The van der Waals surface area contributed by atoms with Crippen LogP contribution in [0.15, 0.2) is 22.7 Å². The van der Waals surface area contributed by atoms with Crippen molar-refractivity contribution in [2.45, 2.75) is 0 Å². The minimum absolute atomic E-state index is 0.228. The molecule has 1 amide bonds. The van der Waals surface area contributed by atoms with Gasteiger partial charge in [0, 0.05) is 12.6 Å². The molecule has 1 aromatic carbocycles.